The van der Waals surface area contributed by atoms with Crippen LogP contribution in [0.3, 0.4) is 0 Å². The van der Waals surface area contributed by atoms with E-state index in [4.69, 9.17) is 0 Å². The number of aromatic nitrogens is 5. The second kappa shape index (κ2) is 6.84. The molecule has 1 saturated heterocycles. The van der Waals surface area contributed by atoms with Crippen LogP contribution in [0.5, 0.6) is 0 Å². The first kappa shape index (κ1) is 16.6. The molecule has 0 bridgehead atoms. The van der Waals surface area contributed by atoms with Crippen LogP contribution in [0.25, 0.3) is 22.0 Å². The van der Waals surface area contributed by atoms with Crippen molar-refractivity contribution in [2.24, 2.45) is 5.92 Å². The van der Waals surface area contributed by atoms with E-state index in [2.05, 4.69) is 31.2 Å². The van der Waals surface area contributed by atoms with E-state index in [0.717, 1.165) is 40.9 Å². The maximum atomic E-state index is 12.3. The molecule has 1 aromatic carbocycles. The van der Waals surface area contributed by atoms with E-state index in [9.17, 15) is 4.79 Å². The third kappa shape index (κ3) is 3.00. The Hall–Kier alpha value is -3.61. The standard InChI is InChI=1S/C21H18N6O/c28-20-6-5-19(16-7-9-22-10-8-16)25-27(20)14-15-12-26(13-15)21-18-4-2-1-3-17(18)11-23-24-21/h1-11,15H,12-14H2. The Morgan fingerprint density at radius 2 is 1.82 bits per heavy atom. The van der Waals surface area contributed by atoms with Crippen LogP contribution in [0.15, 0.2) is 71.9 Å². The molecular weight excluding hydrogens is 352 g/mol. The number of rotatable bonds is 4. The lowest BCUT2D eigenvalue weighted by Gasteiger charge is -2.40. The average molecular weight is 370 g/mol. The van der Waals surface area contributed by atoms with Gasteiger partial charge in [-0.2, -0.15) is 10.2 Å². The molecule has 5 rings (SSSR count). The molecule has 0 unspecified atom stereocenters. The summed E-state index contributed by atoms with van der Waals surface area (Å²) in [5, 5.41) is 15.2. The van der Waals surface area contributed by atoms with Crippen LogP contribution in [-0.2, 0) is 6.54 Å². The summed E-state index contributed by atoms with van der Waals surface area (Å²) in [6.07, 6.45) is 5.23. The lowest BCUT2D eigenvalue weighted by atomic mass is 9.99. The molecule has 4 heterocycles. The normalized spacial score (nSPS) is 14.2. The fourth-order valence-electron chi connectivity index (χ4n) is 3.61. The van der Waals surface area contributed by atoms with Crippen molar-refractivity contribution in [2.75, 3.05) is 18.0 Å². The number of hydrogen-bond donors (Lipinski definition) is 0. The molecule has 0 radical (unpaired) electrons. The van der Waals surface area contributed by atoms with Gasteiger partial charge in [-0.1, -0.05) is 24.3 Å². The summed E-state index contributed by atoms with van der Waals surface area (Å²) in [7, 11) is 0. The Kier molecular flexibility index (Phi) is 4.05. The van der Waals surface area contributed by atoms with Crippen LogP contribution < -0.4 is 10.5 Å². The fourth-order valence-corrected chi connectivity index (χ4v) is 3.61. The van der Waals surface area contributed by atoms with E-state index < -0.39 is 0 Å². The molecule has 0 atom stereocenters. The van der Waals surface area contributed by atoms with Crippen LogP contribution in [0.4, 0.5) is 5.82 Å². The lowest BCUT2D eigenvalue weighted by Crippen LogP contribution is -2.50. The fraction of sp³-hybridized carbons (Fsp3) is 0.190. The molecule has 3 aromatic heterocycles. The SMILES string of the molecule is O=c1ccc(-c2ccncc2)nn1CC1CN(c2nncc3ccccc23)C1. The maximum absolute atomic E-state index is 12.3. The molecule has 138 valence electrons. The molecule has 0 spiro atoms. The first-order chi connectivity index (χ1) is 13.8. The molecule has 0 N–H and O–H groups in total. The first-order valence-corrected chi connectivity index (χ1v) is 9.22. The van der Waals surface area contributed by atoms with Gasteiger partial charge in [0, 0.05) is 53.8 Å². The van der Waals surface area contributed by atoms with Gasteiger partial charge in [0.15, 0.2) is 5.82 Å². The van der Waals surface area contributed by atoms with E-state index in [0.29, 0.717) is 12.5 Å². The molecule has 0 aliphatic carbocycles. The summed E-state index contributed by atoms with van der Waals surface area (Å²) in [5.41, 5.74) is 1.64. The van der Waals surface area contributed by atoms with Gasteiger partial charge in [-0.05, 0) is 18.2 Å². The molecule has 28 heavy (non-hydrogen) atoms. The summed E-state index contributed by atoms with van der Waals surface area (Å²) in [5.74, 6) is 1.25. The third-order valence-electron chi connectivity index (χ3n) is 5.08. The van der Waals surface area contributed by atoms with Crippen LogP contribution >= 0.6 is 0 Å². The Balaban J connectivity index is 1.33. The molecule has 1 aliphatic rings. The maximum Gasteiger partial charge on any atom is 0.266 e. The number of fused-ring (bicyclic) bond motifs is 1. The van der Waals surface area contributed by atoms with Crippen molar-refractivity contribution in [3.63, 3.8) is 0 Å². The summed E-state index contributed by atoms with van der Waals surface area (Å²) in [4.78, 5) is 18.5. The van der Waals surface area contributed by atoms with Gasteiger partial charge in [-0.3, -0.25) is 9.78 Å². The van der Waals surface area contributed by atoms with Gasteiger partial charge in [-0.15, -0.1) is 5.10 Å². The molecule has 1 aliphatic heterocycles. The minimum atomic E-state index is -0.0822. The molecule has 0 saturated carbocycles. The zero-order valence-electron chi connectivity index (χ0n) is 15.1. The number of nitrogens with zero attached hydrogens (tertiary/aromatic N) is 6. The van der Waals surface area contributed by atoms with E-state index in [-0.39, 0.29) is 5.56 Å². The predicted molar refractivity (Wildman–Crippen MR) is 107 cm³/mol. The Morgan fingerprint density at radius 1 is 1.00 bits per heavy atom. The van der Waals surface area contributed by atoms with E-state index >= 15 is 0 Å². The van der Waals surface area contributed by atoms with Crippen molar-refractivity contribution >= 4 is 16.6 Å². The van der Waals surface area contributed by atoms with Crippen molar-refractivity contribution in [2.45, 2.75) is 6.54 Å². The van der Waals surface area contributed by atoms with Gasteiger partial charge < -0.3 is 4.90 Å². The van der Waals surface area contributed by atoms with Crippen molar-refractivity contribution in [1.82, 2.24) is 25.0 Å². The topological polar surface area (TPSA) is 76.8 Å². The third-order valence-corrected chi connectivity index (χ3v) is 5.08. The minimum absolute atomic E-state index is 0.0822. The van der Waals surface area contributed by atoms with Crippen LogP contribution in [0.1, 0.15) is 0 Å². The number of benzene rings is 1. The van der Waals surface area contributed by atoms with E-state index in [1.165, 1.54) is 0 Å². The Labute approximate surface area is 161 Å². The monoisotopic (exact) mass is 370 g/mol. The van der Waals surface area contributed by atoms with Gasteiger partial charge in [0.1, 0.15) is 0 Å². The van der Waals surface area contributed by atoms with E-state index in [1.54, 1.807) is 35.4 Å². The quantitative estimate of drug-likeness (QED) is 0.549. The van der Waals surface area contributed by atoms with Crippen molar-refractivity contribution < 1.29 is 0 Å². The van der Waals surface area contributed by atoms with Gasteiger partial charge in [0.05, 0.1) is 18.4 Å². The van der Waals surface area contributed by atoms with Crippen LogP contribution in [-0.4, -0.2) is 38.1 Å². The molecule has 7 nitrogen and oxygen atoms in total. The number of anilines is 1. The van der Waals surface area contributed by atoms with Gasteiger partial charge in [0.25, 0.3) is 5.56 Å². The predicted octanol–water partition coefficient (Wildman–Crippen LogP) is 2.38. The smallest absolute Gasteiger partial charge is 0.266 e. The van der Waals surface area contributed by atoms with Crippen LogP contribution in [0.2, 0.25) is 0 Å². The first-order valence-electron chi connectivity index (χ1n) is 9.22. The summed E-state index contributed by atoms with van der Waals surface area (Å²) in [6, 6.07) is 15.2. The highest BCUT2D eigenvalue weighted by Crippen LogP contribution is 2.29. The molecular formula is C21H18N6O. The molecule has 4 aromatic rings. The van der Waals surface area contributed by atoms with Crippen molar-refractivity contribution in [3.05, 3.63) is 77.5 Å². The van der Waals surface area contributed by atoms with E-state index in [1.807, 2.05) is 30.3 Å². The van der Waals surface area contributed by atoms with Gasteiger partial charge >= 0.3 is 0 Å². The Bertz CT molecular complexity index is 1180. The van der Waals surface area contributed by atoms with Crippen molar-refractivity contribution in [1.29, 1.82) is 0 Å². The van der Waals surface area contributed by atoms with Gasteiger partial charge in [-0.25, -0.2) is 4.68 Å². The lowest BCUT2D eigenvalue weighted by molar-refractivity contribution is 0.333. The van der Waals surface area contributed by atoms with Gasteiger partial charge in [0.2, 0.25) is 0 Å². The average Bonchev–Trinajstić information content (AvgIpc) is 2.72. The summed E-state index contributed by atoms with van der Waals surface area (Å²) in [6.45, 7) is 2.25. The minimum Gasteiger partial charge on any atom is -0.354 e. The zero-order valence-corrected chi connectivity index (χ0v) is 15.1. The second-order valence-electron chi connectivity index (χ2n) is 7.00. The highest BCUT2D eigenvalue weighted by atomic mass is 16.1. The molecule has 0 amide bonds. The second-order valence-corrected chi connectivity index (χ2v) is 7.00. The van der Waals surface area contributed by atoms with Crippen molar-refractivity contribution in [3.8, 4) is 11.3 Å². The number of pyridine rings is 1. The largest absolute Gasteiger partial charge is 0.354 e. The van der Waals surface area contributed by atoms with Crippen LogP contribution in [0, 0.1) is 5.92 Å². The highest BCUT2D eigenvalue weighted by Gasteiger charge is 2.30. The zero-order chi connectivity index (χ0) is 18.9. The highest BCUT2D eigenvalue weighted by molar-refractivity contribution is 5.91. The Morgan fingerprint density at radius 3 is 2.68 bits per heavy atom. The number of hydrogen-bond acceptors (Lipinski definition) is 6. The molecule has 1 fully saturated rings. The summed E-state index contributed by atoms with van der Waals surface area (Å²) < 4.78 is 1.56. The summed E-state index contributed by atoms with van der Waals surface area (Å²) >= 11 is 0. The molecule has 7 heteroatoms.